The summed E-state index contributed by atoms with van der Waals surface area (Å²) in [5.41, 5.74) is 3.17. The zero-order valence-corrected chi connectivity index (χ0v) is 13.9. The normalized spacial score (nSPS) is 11.7. The third-order valence-corrected chi connectivity index (χ3v) is 3.94. The second-order valence-corrected chi connectivity index (χ2v) is 6.02. The Morgan fingerprint density at radius 3 is 2.42 bits per heavy atom. The van der Waals surface area contributed by atoms with Gasteiger partial charge in [0.05, 0.1) is 5.92 Å². The van der Waals surface area contributed by atoms with Crippen molar-refractivity contribution in [1.82, 2.24) is 5.32 Å². The molecule has 0 radical (unpaired) electrons. The Balaban J connectivity index is 1.82. The van der Waals surface area contributed by atoms with Crippen LogP contribution < -0.4 is 5.32 Å². The molecule has 2 N–H and O–H groups in total. The van der Waals surface area contributed by atoms with Gasteiger partial charge in [-0.3, -0.25) is 9.59 Å². The van der Waals surface area contributed by atoms with Gasteiger partial charge >= 0.3 is 5.97 Å². The molecular formula is C20H23NO3. The first kappa shape index (κ1) is 17.7. The van der Waals surface area contributed by atoms with Crippen LogP contribution in [-0.2, 0) is 22.4 Å². The first-order valence-corrected chi connectivity index (χ1v) is 8.13. The Morgan fingerprint density at radius 2 is 1.75 bits per heavy atom. The number of aliphatic carboxylic acids is 1. The first-order chi connectivity index (χ1) is 11.5. The molecule has 0 aliphatic heterocycles. The SMILES string of the molecule is Cc1cccc(CC(CNC(=O)CCc2ccccc2)C(=O)O)c1. The number of nitrogens with one attached hydrogen (secondary N) is 1. The van der Waals surface area contributed by atoms with Crippen LogP contribution in [0.2, 0.25) is 0 Å². The van der Waals surface area contributed by atoms with E-state index < -0.39 is 11.9 Å². The quantitative estimate of drug-likeness (QED) is 0.784. The number of carboxylic acid groups (broad SMARTS) is 1. The van der Waals surface area contributed by atoms with Crippen molar-refractivity contribution >= 4 is 11.9 Å². The minimum Gasteiger partial charge on any atom is -0.481 e. The van der Waals surface area contributed by atoms with Crippen molar-refractivity contribution in [3.8, 4) is 0 Å². The molecule has 1 unspecified atom stereocenters. The van der Waals surface area contributed by atoms with Gasteiger partial charge in [-0.2, -0.15) is 0 Å². The van der Waals surface area contributed by atoms with E-state index in [9.17, 15) is 14.7 Å². The van der Waals surface area contributed by atoms with Gasteiger partial charge in [-0.1, -0.05) is 60.2 Å². The third-order valence-electron chi connectivity index (χ3n) is 3.94. The van der Waals surface area contributed by atoms with E-state index in [1.165, 1.54) is 0 Å². The number of hydrogen-bond acceptors (Lipinski definition) is 2. The third kappa shape index (κ3) is 5.88. The predicted molar refractivity (Wildman–Crippen MR) is 93.8 cm³/mol. The number of hydrogen-bond donors (Lipinski definition) is 2. The summed E-state index contributed by atoms with van der Waals surface area (Å²) in [6.07, 6.45) is 1.43. The topological polar surface area (TPSA) is 66.4 Å². The molecule has 0 aromatic heterocycles. The van der Waals surface area contributed by atoms with Gasteiger partial charge < -0.3 is 10.4 Å². The molecule has 126 valence electrons. The van der Waals surface area contributed by atoms with Gasteiger partial charge in [-0.25, -0.2) is 0 Å². The van der Waals surface area contributed by atoms with Gasteiger partial charge in [-0.05, 0) is 30.9 Å². The fourth-order valence-electron chi connectivity index (χ4n) is 2.60. The predicted octanol–water partition coefficient (Wildman–Crippen LogP) is 2.99. The van der Waals surface area contributed by atoms with Gasteiger partial charge in [0.15, 0.2) is 0 Å². The molecular weight excluding hydrogens is 302 g/mol. The van der Waals surface area contributed by atoms with Crippen LogP contribution in [0, 0.1) is 12.8 Å². The number of aryl methyl sites for hydroxylation is 2. The van der Waals surface area contributed by atoms with E-state index >= 15 is 0 Å². The highest BCUT2D eigenvalue weighted by Gasteiger charge is 2.19. The maximum atomic E-state index is 11.9. The van der Waals surface area contributed by atoms with Crippen LogP contribution in [0.3, 0.4) is 0 Å². The van der Waals surface area contributed by atoms with Crippen LogP contribution in [0.5, 0.6) is 0 Å². The first-order valence-electron chi connectivity index (χ1n) is 8.13. The molecule has 0 saturated carbocycles. The molecule has 4 heteroatoms. The molecule has 0 bridgehead atoms. The molecule has 1 atom stereocenters. The van der Waals surface area contributed by atoms with Crippen LogP contribution in [0.1, 0.15) is 23.1 Å². The second kappa shape index (κ2) is 8.87. The fraction of sp³-hybridized carbons (Fsp3) is 0.300. The summed E-state index contributed by atoms with van der Waals surface area (Å²) in [4.78, 5) is 23.4. The molecule has 0 saturated heterocycles. The molecule has 2 rings (SSSR count). The molecule has 0 aliphatic carbocycles. The smallest absolute Gasteiger partial charge is 0.308 e. The van der Waals surface area contributed by atoms with Crippen molar-refractivity contribution in [2.24, 2.45) is 5.92 Å². The van der Waals surface area contributed by atoms with Crippen molar-refractivity contribution < 1.29 is 14.7 Å². The largest absolute Gasteiger partial charge is 0.481 e. The standard InChI is InChI=1S/C20H23NO3/c1-15-6-5-9-17(12-15)13-18(20(23)24)14-21-19(22)11-10-16-7-3-2-4-8-16/h2-9,12,18H,10-11,13-14H2,1H3,(H,21,22)(H,23,24). The molecule has 0 heterocycles. The van der Waals surface area contributed by atoms with Crippen LogP contribution in [0.4, 0.5) is 0 Å². The lowest BCUT2D eigenvalue weighted by Gasteiger charge is -2.14. The van der Waals surface area contributed by atoms with E-state index in [-0.39, 0.29) is 12.5 Å². The van der Waals surface area contributed by atoms with E-state index in [2.05, 4.69) is 5.32 Å². The molecule has 2 aromatic carbocycles. The van der Waals surface area contributed by atoms with Crippen LogP contribution in [-0.4, -0.2) is 23.5 Å². The number of carbonyl (C=O) groups excluding carboxylic acids is 1. The lowest BCUT2D eigenvalue weighted by atomic mass is 9.98. The summed E-state index contributed by atoms with van der Waals surface area (Å²) in [7, 11) is 0. The Morgan fingerprint density at radius 1 is 1.04 bits per heavy atom. The van der Waals surface area contributed by atoms with Crippen molar-refractivity contribution in [1.29, 1.82) is 0 Å². The van der Waals surface area contributed by atoms with E-state index in [1.54, 1.807) is 0 Å². The van der Waals surface area contributed by atoms with Crippen molar-refractivity contribution in [2.75, 3.05) is 6.54 Å². The van der Waals surface area contributed by atoms with Gasteiger partial charge in [0.25, 0.3) is 0 Å². The number of amides is 1. The molecule has 0 aliphatic rings. The van der Waals surface area contributed by atoms with Gasteiger partial charge in [0, 0.05) is 13.0 Å². The number of benzene rings is 2. The van der Waals surface area contributed by atoms with Gasteiger partial charge in [0.1, 0.15) is 0 Å². The van der Waals surface area contributed by atoms with Gasteiger partial charge in [0.2, 0.25) is 5.91 Å². The monoisotopic (exact) mass is 325 g/mol. The van der Waals surface area contributed by atoms with Crippen LogP contribution in [0.15, 0.2) is 54.6 Å². The Kier molecular flexibility index (Phi) is 6.55. The minimum absolute atomic E-state index is 0.116. The Hall–Kier alpha value is -2.62. The maximum absolute atomic E-state index is 11.9. The average Bonchev–Trinajstić information content (AvgIpc) is 2.57. The summed E-state index contributed by atoms with van der Waals surface area (Å²) in [6.45, 7) is 2.13. The van der Waals surface area contributed by atoms with E-state index in [0.29, 0.717) is 19.3 Å². The number of rotatable bonds is 8. The highest BCUT2D eigenvalue weighted by molar-refractivity contribution is 5.77. The molecule has 24 heavy (non-hydrogen) atoms. The highest BCUT2D eigenvalue weighted by Crippen LogP contribution is 2.11. The molecule has 1 amide bonds. The van der Waals surface area contributed by atoms with Crippen LogP contribution in [0.25, 0.3) is 0 Å². The fourth-order valence-corrected chi connectivity index (χ4v) is 2.60. The molecule has 2 aromatic rings. The molecule has 4 nitrogen and oxygen atoms in total. The summed E-state index contributed by atoms with van der Waals surface area (Å²) in [5, 5.41) is 12.1. The summed E-state index contributed by atoms with van der Waals surface area (Å²) in [5.74, 6) is -1.62. The summed E-state index contributed by atoms with van der Waals surface area (Å²) >= 11 is 0. The summed E-state index contributed by atoms with van der Waals surface area (Å²) in [6, 6.07) is 17.6. The Bertz CT molecular complexity index is 682. The number of carboxylic acids is 1. The van der Waals surface area contributed by atoms with Gasteiger partial charge in [-0.15, -0.1) is 0 Å². The van der Waals surface area contributed by atoms with Crippen LogP contribution >= 0.6 is 0 Å². The number of carbonyl (C=O) groups is 2. The van der Waals surface area contributed by atoms with Crippen molar-refractivity contribution in [3.63, 3.8) is 0 Å². The molecule has 0 spiro atoms. The zero-order valence-electron chi connectivity index (χ0n) is 13.9. The minimum atomic E-state index is -0.889. The van der Waals surface area contributed by atoms with E-state index in [0.717, 1.165) is 16.7 Å². The molecule has 0 fully saturated rings. The zero-order chi connectivity index (χ0) is 17.4. The second-order valence-electron chi connectivity index (χ2n) is 6.02. The summed E-state index contributed by atoms with van der Waals surface area (Å²) < 4.78 is 0. The van der Waals surface area contributed by atoms with Crippen molar-refractivity contribution in [2.45, 2.75) is 26.2 Å². The average molecular weight is 325 g/mol. The van der Waals surface area contributed by atoms with Crippen molar-refractivity contribution in [3.05, 3.63) is 71.3 Å². The van der Waals surface area contributed by atoms with E-state index in [4.69, 9.17) is 0 Å². The lowest BCUT2D eigenvalue weighted by Crippen LogP contribution is -2.34. The maximum Gasteiger partial charge on any atom is 0.308 e. The van der Waals surface area contributed by atoms with E-state index in [1.807, 2.05) is 61.5 Å². The highest BCUT2D eigenvalue weighted by atomic mass is 16.4. The Labute approximate surface area is 142 Å². The lowest BCUT2D eigenvalue weighted by molar-refractivity contribution is -0.141.